The third-order valence-electron chi connectivity index (χ3n) is 2.58. The minimum atomic E-state index is -0.146. The number of nitrogens with one attached hydrogen (secondary N) is 1. The van der Waals surface area contributed by atoms with Gasteiger partial charge in [0.1, 0.15) is 0 Å². The number of rotatable bonds is 6. The molecule has 8 heteroatoms. The van der Waals surface area contributed by atoms with Crippen LogP contribution in [0, 0.1) is 6.92 Å². The van der Waals surface area contributed by atoms with Gasteiger partial charge in [0.05, 0.1) is 12.3 Å². The fourth-order valence-corrected chi connectivity index (χ4v) is 2.12. The molecule has 0 saturated heterocycles. The number of hydrogen-bond donors (Lipinski definition) is 1. The standard InChI is InChI=1S/C11H16N4O3S/c1-7-13-14-11(18-7)19-6-10(17)15(2)5-9(16)12-8-3-4-8/h8H,3-6H2,1-2H3,(H,12,16). The van der Waals surface area contributed by atoms with Crippen molar-refractivity contribution in [3.8, 4) is 0 Å². The molecule has 0 atom stereocenters. The van der Waals surface area contributed by atoms with Crippen molar-refractivity contribution in [2.45, 2.75) is 31.0 Å². The van der Waals surface area contributed by atoms with E-state index in [1.54, 1.807) is 14.0 Å². The molecule has 0 aromatic carbocycles. The molecule has 0 bridgehead atoms. The van der Waals surface area contributed by atoms with E-state index in [0.717, 1.165) is 12.8 Å². The Balaban J connectivity index is 1.70. The maximum Gasteiger partial charge on any atom is 0.277 e. The highest BCUT2D eigenvalue weighted by Crippen LogP contribution is 2.18. The summed E-state index contributed by atoms with van der Waals surface area (Å²) in [6.45, 7) is 1.77. The van der Waals surface area contributed by atoms with Crippen molar-refractivity contribution in [1.29, 1.82) is 0 Å². The van der Waals surface area contributed by atoms with E-state index in [-0.39, 0.29) is 24.1 Å². The van der Waals surface area contributed by atoms with Crippen molar-refractivity contribution in [3.05, 3.63) is 5.89 Å². The summed E-state index contributed by atoms with van der Waals surface area (Å²) in [7, 11) is 1.61. The Bertz CT molecular complexity index is 472. The van der Waals surface area contributed by atoms with Crippen LogP contribution in [0.25, 0.3) is 0 Å². The minimum absolute atomic E-state index is 0.0821. The third-order valence-corrected chi connectivity index (χ3v) is 3.38. The molecule has 1 saturated carbocycles. The van der Waals surface area contributed by atoms with Crippen molar-refractivity contribution in [1.82, 2.24) is 20.4 Å². The first-order valence-corrected chi connectivity index (χ1v) is 6.99. The molecule has 0 aliphatic heterocycles. The van der Waals surface area contributed by atoms with Crippen LogP contribution in [0.5, 0.6) is 0 Å². The maximum atomic E-state index is 11.8. The van der Waals surface area contributed by atoms with Gasteiger partial charge in [0.15, 0.2) is 0 Å². The number of hydrogen-bond acceptors (Lipinski definition) is 6. The van der Waals surface area contributed by atoms with Gasteiger partial charge in [-0.3, -0.25) is 9.59 Å². The number of carbonyl (C=O) groups excluding carboxylic acids is 2. The van der Waals surface area contributed by atoms with Crippen molar-refractivity contribution < 1.29 is 14.0 Å². The highest BCUT2D eigenvalue weighted by atomic mass is 32.2. The summed E-state index contributed by atoms with van der Waals surface area (Å²) in [6.07, 6.45) is 2.07. The maximum absolute atomic E-state index is 11.8. The number of nitrogens with zero attached hydrogens (tertiary/aromatic N) is 3. The lowest BCUT2D eigenvalue weighted by Crippen LogP contribution is -2.39. The Morgan fingerprint density at radius 1 is 1.47 bits per heavy atom. The molecule has 104 valence electrons. The van der Waals surface area contributed by atoms with Gasteiger partial charge in [0, 0.05) is 20.0 Å². The van der Waals surface area contributed by atoms with E-state index in [4.69, 9.17) is 4.42 Å². The Kier molecular flexibility index (Phi) is 4.41. The highest BCUT2D eigenvalue weighted by Gasteiger charge is 2.24. The summed E-state index contributed by atoms with van der Waals surface area (Å²) in [5.41, 5.74) is 0. The van der Waals surface area contributed by atoms with Crippen molar-refractivity contribution >= 4 is 23.6 Å². The van der Waals surface area contributed by atoms with E-state index < -0.39 is 0 Å². The van der Waals surface area contributed by atoms with Crippen LogP contribution < -0.4 is 5.32 Å². The molecule has 7 nitrogen and oxygen atoms in total. The van der Waals surface area contributed by atoms with Crippen molar-refractivity contribution in [2.75, 3.05) is 19.3 Å². The van der Waals surface area contributed by atoms with Gasteiger partial charge in [-0.15, -0.1) is 10.2 Å². The summed E-state index contributed by atoms with van der Waals surface area (Å²) in [6, 6.07) is 0.312. The van der Waals surface area contributed by atoms with E-state index >= 15 is 0 Å². The van der Waals surface area contributed by atoms with Gasteiger partial charge in [-0.1, -0.05) is 11.8 Å². The van der Waals surface area contributed by atoms with E-state index in [2.05, 4.69) is 15.5 Å². The Morgan fingerprint density at radius 3 is 2.79 bits per heavy atom. The minimum Gasteiger partial charge on any atom is -0.416 e. The first-order chi connectivity index (χ1) is 9.04. The average Bonchev–Trinajstić information content (AvgIpc) is 3.06. The quantitative estimate of drug-likeness (QED) is 0.751. The summed E-state index contributed by atoms with van der Waals surface area (Å²) < 4.78 is 5.15. The molecule has 2 rings (SSSR count). The Morgan fingerprint density at radius 2 is 2.21 bits per heavy atom. The highest BCUT2D eigenvalue weighted by molar-refractivity contribution is 7.99. The third kappa shape index (κ3) is 4.55. The van der Waals surface area contributed by atoms with Crippen LogP contribution in [0.1, 0.15) is 18.7 Å². The monoisotopic (exact) mass is 284 g/mol. The first kappa shape index (κ1) is 13.9. The first-order valence-electron chi connectivity index (χ1n) is 6.01. The van der Waals surface area contributed by atoms with Crippen LogP contribution in [0.2, 0.25) is 0 Å². The lowest BCUT2D eigenvalue weighted by molar-refractivity contribution is -0.132. The van der Waals surface area contributed by atoms with Gasteiger partial charge in [-0.05, 0) is 12.8 Å². The number of amides is 2. The zero-order valence-corrected chi connectivity index (χ0v) is 11.7. The molecule has 2 amide bonds. The normalized spacial score (nSPS) is 14.2. The predicted molar refractivity (Wildman–Crippen MR) is 68.6 cm³/mol. The summed E-state index contributed by atoms with van der Waals surface area (Å²) in [5, 5.41) is 10.7. The molecule has 19 heavy (non-hydrogen) atoms. The SMILES string of the molecule is Cc1nnc(SCC(=O)N(C)CC(=O)NC2CC2)o1. The van der Waals surface area contributed by atoms with Gasteiger partial charge in [-0.2, -0.15) is 0 Å². The topological polar surface area (TPSA) is 88.3 Å². The second-order valence-electron chi connectivity index (χ2n) is 4.47. The number of thioether (sulfide) groups is 1. The largest absolute Gasteiger partial charge is 0.416 e. The van der Waals surface area contributed by atoms with Crippen LogP contribution in [0.15, 0.2) is 9.64 Å². The molecular formula is C11H16N4O3S. The molecule has 0 radical (unpaired) electrons. The van der Waals surface area contributed by atoms with Crippen LogP contribution in [0.3, 0.4) is 0 Å². The van der Waals surface area contributed by atoms with Crippen LogP contribution >= 0.6 is 11.8 Å². The van der Waals surface area contributed by atoms with Gasteiger partial charge in [0.25, 0.3) is 5.22 Å². The second-order valence-corrected chi connectivity index (χ2v) is 5.39. The van der Waals surface area contributed by atoms with Gasteiger partial charge in [-0.25, -0.2) is 0 Å². The number of aromatic nitrogens is 2. The molecule has 1 fully saturated rings. The van der Waals surface area contributed by atoms with E-state index in [1.165, 1.54) is 16.7 Å². The summed E-state index contributed by atoms with van der Waals surface area (Å²) in [4.78, 5) is 24.7. The molecular weight excluding hydrogens is 268 g/mol. The molecule has 1 aromatic heterocycles. The fraction of sp³-hybridized carbons (Fsp3) is 0.636. The average molecular weight is 284 g/mol. The summed E-state index contributed by atoms with van der Waals surface area (Å²) in [5.74, 6) is 0.380. The van der Waals surface area contributed by atoms with Gasteiger partial charge in [0.2, 0.25) is 17.7 Å². The number of carbonyl (C=O) groups is 2. The Hall–Kier alpha value is -1.57. The van der Waals surface area contributed by atoms with Crippen LogP contribution in [0.4, 0.5) is 0 Å². The van der Waals surface area contributed by atoms with Gasteiger partial charge >= 0.3 is 0 Å². The zero-order chi connectivity index (χ0) is 13.8. The molecule has 1 N–H and O–H groups in total. The van der Waals surface area contributed by atoms with E-state index in [9.17, 15) is 9.59 Å². The molecule has 1 aliphatic rings. The fourth-order valence-electron chi connectivity index (χ4n) is 1.37. The molecule has 1 aliphatic carbocycles. The van der Waals surface area contributed by atoms with Crippen LogP contribution in [-0.4, -0.2) is 52.3 Å². The predicted octanol–water partition coefficient (Wildman–Crippen LogP) is 0.207. The van der Waals surface area contributed by atoms with E-state index in [1.807, 2.05) is 0 Å². The van der Waals surface area contributed by atoms with Crippen LogP contribution in [-0.2, 0) is 9.59 Å². The molecule has 0 spiro atoms. The van der Waals surface area contributed by atoms with Crippen molar-refractivity contribution in [2.24, 2.45) is 0 Å². The summed E-state index contributed by atoms with van der Waals surface area (Å²) >= 11 is 1.17. The van der Waals surface area contributed by atoms with Gasteiger partial charge < -0.3 is 14.6 Å². The lowest BCUT2D eigenvalue weighted by atomic mass is 10.5. The zero-order valence-electron chi connectivity index (χ0n) is 10.9. The molecule has 1 aromatic rings. The molecule has 1 heterocycles. The number of likely N-dealkylation sites (N-methyl/N-ethyl adjacent to an activating group) is 1. The molecule has 0 unspecified atom stereocenters. The Labute approximate surface area is 115 Å². The second kappa shape index (κ2) is 6.05. The van der Waals surface area contributed by atoms with Crippen molar-refractivity contribution in [3.63, 3.8) is 0 Å². The number of aryl methyl sites for hydroxylation is 1. The van der Waals surface area contributed by atoms with E-state index in [0.29, 0.717) is 17.2 Å². The smallest absolute Gasteiger partial charge is 0.277 e. The lowest BCUT2D eigenvalue weighted by Gasteiger charge is -2.15.